The van der Waals surface area contributed by atoms with Crippen LogP contribution in [0.15, 0.2) is 36.4 Å². The molecule has 2 nitrogen and oxygen atoms in total. The van der Waals surface area contributed by atoms with Crippen molar-refractivity contribution in [3.05, 3.63) is 47.5 Å². The van der Waals surface area contributed by atoms with Crippen molar-refractivity contribution in [3.63, 3.8) is 0 Å². The average molecular weight is 245 g/mol. The van der Waals surface area contributed by atoms with E-state index in [0.717, 1.165) is 12.0 Å². The van der Waals surface area contributed by atoms with E-state index in [2.05, 4.69) is 43.4 Å². The summed E-state index contributed by atoms with van der Waals surface area (Å²) >= 11 is 0. The molecular formula is C16H23NO. The van der Waals surface area contributed by atoms with Gasteiger partial charge in [0.15, 0.2) is 0 Å². The third-order valence-electron chi connectivity index (χ3n) is 2.80. The topological polar surface area (TPSA) is 29.1 Å². The Balaban J connectivity index is 2.64. The lowest BCUT2D eigenvalue weighted by molar-refractivity contribution is -0.117. The summed E-state index contributed by atoms with van der Waals surface area (Å²) in [7, 11) is 0. The van der Waals surface area contributed by atoms with Gasteiger partial charge in [0.2, 0.25) is 5.91 Å². The molecule has 0 aliphatic heterocycles. The average Bonchev–Trinajstić information content (AvgIpc) is 2.29. The van der Waals surface area contributed by atoms with Crippen LogP contribution < -0.4 is 5.32 Å². The van der Waals surface area contributed by atoms with E-state index in [9.17, 15) is 4.79 Å². The molecule has 1 N–H and O–H groups in total. The second-order valence-corrected chi connectivity index (χ2v) is 5.07. The van der Waals surface area contributed by atoms with Crippen LogP contribution in [0.25, 0.3) is 0 Å². The fourth-order valence-electron chi connectivity index (χ4n) is 1.91. The van der Waals surface area contributed by atoms with Crippen molar-refractivity contribution >= 4 is 5.91 Å². The smallest absolute Gasteiger partial charge is 0.244 e. The molecule has 0 radical (unpaired) electrons. The fraction of sp³-hybridized carbons (Fsp3) is 0.438. The number of hydrogen-bond acceptors (Lipinski definition) is 1. The monoisotopic (exact) mass is 245 g/mol. The van der Waals surface area contributed by atoms with Crippen LogP contribution >= 0.6 is 0 Å². The molecule has 0 aliphatic carbocycles. The summed E-state index contributed by atoms with van der Waals surface area (Å²) in [6.07, 6.45) is 4.39. The van der Waals surface area contributed by atoms with Crippen LogP contribution in [-0.4, -0.2) is 5.91 Å². The Morgan fingerprint density at radius 1 is 1.22 bits per heavy atom. The van der Waals surface area contributed by atoms with Gasteiger partial charge in [-0.1, -0.05) is 44.2 Å². The van der Waals surface area contributed by atoms with Crippen LogP contribution in [0.3, 0.4) is 0 Å². The molecule has 98 valence electrons. The van der Waals surface area contributed by atoms with Crippen molar-refractivity contribution in [2.45, 2.75) is 40.2 Å². The lowest BCUT2D eigenvalue weighted by Gasteiger charge is -2.14. The Morgan fingerprint density at radius 2 is 1.83 bits per heavy atom. The zero-order valence-corrected chi connectivity index (χ0v) is 11.7. The van der Waals surface area contributed by atoms with Gasteiger partial charge in [-0.2, -0.15) is 0 Å². The SMILES string of the molecule is CC=CC(=O)NC(C)c1ccc(CC(C)C)cc1. The zero-order valence-electron chi connectivity index (χ0n) is 11.7. The Bertz CT molecular complexity index is 404. The third-order valence-corrected chi connectivity index (χ3v) is 2.80. The summed E-state index contributed by atoms with van der Waals surface area (Å²) in [6, 6.07) is 8.53. The van der Waals surface area contributed by atoms with Crippen LogP contribution in [0.1, 0.15) is 44.9 Å². The summed E-state index contributed by atoms with van der Waals surface area (Å²) < 4.78 is 0. The summed E-state index contributed by atoms with van der Waals surface area (Å²) in [5, 5.41) is 2.93. The second-order valence-electron chi connectivity index (χ2n) is 5.07. The molecule has 0 heterocycles. The molecule has 18 heavy (non-hydrogen) atoms. The highest BCUT2D eigenvalue weighted by Crippen LogP contribution is 2.15. The van der Waals surface area contributed by atoms with Crippen molar-refractivity contribution in [2.75, 3.05) is 0 Å². The van der Waals surface area contributed by atoms with E-state index >= 15 is 0 Å². The molecule has 1 unspecified atom stereocenters. The van der Waals surface area contributed by atoms with Crippen LogP contribution in [-0.2, 0) is 11.2 Å². The molecule has 0 spiro atoms. The summed E-state index contributed by atoms with van der Waals surface area (Å²) in [5.74, 6) is 0.624. The highest BCUT2D eigenvalue weighted by atomic mass is 16.1. The van der Waals surface area contributed by atoms with Gasteiger partial charge in [0.05, 0.1) is 6.04 Å². The van der Waals surface area contributed by atoms with E-state index in [1.54, 1.807) is 12.2 Å². The van der Waals surface area contributed by atoms with E-state index in [0.29, 0.717) is 5.92 Å². The van der Waals surface area contributed by atoms with E-state index in [1.807, 2.05) is 13.8 Å². The largest absolute Gasteiger partial charge is 0.346 e. The lowest BCUT2D eigenvalue weighted by Crippen LogP contribution is -2.24. The molecule has 1 rings (SSSR count). The van der Waals surface area contributed by atoms with Gasteiger partial charge < -0.3 is 5.32 Å². The summed E-state index contributed by atoms with van der Waals surface area (Å²) in [4.78, 5) is 11.4. The maximum Gasteiger partial charge on any atom is 0.244 e. The lowest BCUT2D eigenvalue weighted by atomic mass is 10.00. The van der Waals surface area contributed by atoms with Crippen LogP contribution in [0.5, 0.6) is 0 Å². The number of benzene rings is 1. The van der Waals surface area contributed by atoms with Crippen molar-refractivity contribution < 1.29 is 4.79 Å². The highest BCUT2D eigenvalue weighted by Gasteiger charge is 2.07. The Hall–Kier alpha value is -1.57. The Kier molecular flexibility index (Phi) is 5.63. The van der Waals surface area contributed by atoms with Gasteiger partial charge in [0, 0.05) is 0 Å². The number of allylic oxidation sites excluding steroid dienone is 1. The number of carbonyl (C=O) groups excluding carboxylic acids is 1. The van der Waals surface area contributed by atoms with Gasteiger partial charge >= 0.3 is 0 Å². The quantitative estimate of drug-likeness (QED) is 0.788. The third kappa shape index (κ3) is 4.74. The number of nitrogens with one attached hydrogen (secondary N) is 1. The van der Waals surface area contributed by atoms with Crippen molar-refractivity contribution in [2.24, 2.45) is 5.92 Å². The number of amides is 1. The normalized spacial score (nSPS) is 12.9. The predicted octanol–water partition coefficient (Wildman–Crippen LogP) is 3.64. The van der Waals surface area contributed by atoms with Crippen LogP contribution in [0, 0.1) is 5.92 Å². The molecule has 1 aromatic rings. The van der Waals surface area contributed by atoms with E-state index in [1.165, 1.54) is 5.56 Å². The van der Waals surface area contributed by atoms with Crippen LogP contribution in [0.4, 0.5) is 0 Å². The number of hydrogen-bond donors (Lipinski definition) is 1. The molecular weight excluding hydrogens is 222 g/mol. The second kappa shape index (κ2) is 7.00. The van der Waals surface area contributed by atoms with Crippen LogP contribution in [0.2, 0.25) is 0 Å². The zero-order chi connectivity index (χ0) is 13.5. The Morgan fingerprint density at radius 3 is 2.33 bits per heavy atom. The first-order valence-corrected chi connectivity index (χ1v) is 6.55. The highest BCUT2D eigenvalue weighted by molar-refractivity contribution is 5.87. The standard InChI is InChI=1S/C16H23NO/c1-5-6-16(18)17-13(4)15-9-7-14(8-10-15)11-12(2)3/h5-10,12-13H,11H2,1-4H3,(H,17,18). The minimum atomic E-state index is -0.0451. The molecule has 0 fully saturated rings. The maximum atomic E-state index is 11.4. The van der Waals surface area contributed by atoms with Crippen molar-refractivity contribution in [1.29, 1.82) is 0 Å². The molecule has 1 aromatic carbocycles. The van der Waals surface area contributed by atoms with E-state index < -0.39 is 0 Å². The van der Waals surface area contributed by atoms with Gasteiger partial charge in [-0.3, -0.25) is 4.79 Å². The minimum Gasteiger partial charge on any atom is -0.346 e. The fourth-order valence-corrected chi connectivity index (χ4v) is 1.91. The summed E-state index contributed by atoms with van der Waals surface area (Å²) in [5.41, 5.74) is 2.49. The molecule has 2 heteroatoms. The van der Waals surface area contributed by atoms with E-state index in [-0.39, 0.29) is 11.9 Å². The molecule has 1 atom stereocenters. The number of rotatable bonds is 5. The Labute approximate surface area is 110 Å². The molecule has 0 saturated carbocycles. The van der Waals surface area contributed by atoms with Gasteiger partial charge in [-0.25, -0.2) is 0 Å². The number of carbonyl (C=O) groups is 1. The molecule has 0 aromatic heterocycles. The van der Waals surface area contributed by atoms with Gasteiger partial charge in [-0.05, 0) is 43.4 Å². The van der Waals surface area contributed by atoms with Gasteiger partial charge in [-0.15, -0.1) is 0 Å². The molecule has 1 amide bonds. The summed E-state index contributed by atoms with van der Waals surface area (Å²) in [6.45, 7) is 8.27. The first-order valence-electron chi connectivity index (χ1n) is 6.55. The predicted molar refractivity (Wildman–Crippen MR) is 76.4 cm³/mol. The molecule has 0 aliphatic rings. The van der Waals surface area contributed by atoms with Gasteiger partial charge in [0.25, 0.3) is 0 Å². The van der Waals surface area contributed by atoms with Gasteiger partial charge in [0.1, 0.15) is 0 Å². The maximum absolute atomic E-state index is 11.4. The van der Waals surface area contributed by atoms with E-state index in [4.69, 9.17) is 0 Å². The molecule has 0 bridgehead atoms. The first-order chi connectivity index (χ1) is 8.52. The first kappa shape index (κ1) is 14.5. The van der Waals surface area contributed by atoms with Crippen molar-refractivity contribution in [3.8, 4) is 0 Å². The van der Waals surface area contributed by atoms with Crippen molar-refractivity contribution in [1.82, 2.24) is 5.32 Å². The molecule has 0 saturated heterocycles. The minimum absolute atomic E-state index is 0.0433.